The van der Waals surface area contributed by atoms with E-state index in [2.05, 4.69) is 26.2 Å². The lowest BCUT2D eigenvalue weighted by molar-refractivity contribution is -0.314. The Bertz CT molecular complexity index is 1210. The molecule has 0 amide bonds. The van der Waals surface area contributed by atoms with Gasteiger partial charge in [-0.2, -0.15) is 0 Å². The molecule has 2 fully saturated rings. The van der Waals surface area contributed by atoms with E-state index in [9.17, 15) is 18.7 Å². The van der Waals surface area contributed by atoms with Crippen LogP contribution >= 0.6 is 15.9 Å². The molecule has 0 aliphatic carbocycles. The number of rotatable bonds is 4. The van der Waals surface area contributed by atoms with Gasteiger partial charge >= 0.3 is 5.97 Å². The molecular weight excluding hydrogens is 532 g/mol. The Morgan fingerprint density at radius 1 is 1.20 bits per heavy atom. The van der Waals surface area contributed by atoms with Gasteiger partial charge in [-0.15, -0.1) is 5.10 Å². The number of fused-ring (bicyclic) bond motifs is 1. The van der Waals surface area contributed by atoms with Gasteiger partial charge in [0.2, 0.25) is 0 Å². The van der Waals surface area contributed by atoms with Crippen LogP contribution in [0.5, 0.6) is 0 Å². The van der Waals surface area contributed by atoms with Crippen molar-refractivity contribution < 1.29 is 37.6 Å². The van der Waals surface area contributed by atoms with E-state index in [4.69, 9.17) is 18.9 Å². The Hall–Kier alpha value is -2.77. The molecule has 184 valence electrons. The molecule has 0 radical (unpaired) electrons. The molecule has 3 aromatic rings. The molecule has 2 aliphatic heterocycles. The zero-order valence-corrected chi connectivity index (χ0v) is 19.8. The van der Waals surface area contributed by atoms with E-state index in [1.807, 2.05) is 30.3 Å². The molecule has 2 aliphatic rings. The number of benzene rings is 2. The summed E-state index contributed by atoms with van der Waals surface area (Å²) in [6.07, 6.45) is -3.61. The Kier molecular flexibility index (Phi) is 6.64. The zero-order chi connectivity index (χ0) is 24.7. The molecule has 12 heteroatoms. The fraction of sp³-hybridized carbons (Fsp3) is 0.348. The molecule has 0 spiro atoms. The average molecular weight is 552 g/mol. The number of ether oxygens (including phenoxy) is 4. The van der Waals surface area contributed by atoms with E-state index in [0.29, 0.717) is 0 Å². The maximum Gasteiger partial charge on any atom is 0.337 e. The second-order valence-corrected chi connectivity index (χ2v) is 8.91. The number of esters is 1. The maximum absolute atomic E-state index is 14.1. The predicted octanol–water partition coefficient (Wildman–Crippen LogP) is 2.94. The fourth-order valence-corrected chi connectivity index (χ4v) is 4.50. The first kappa shape index (κ1) is 23.9. The maximum atomic E-state index is 14.1. The van der Waals surface area contributed by atoms with Gasteiger partial charge < -0.3 is 24.1 Å². The second-order valence-electron chi connectivity index (χ2n) is 8.11. The standard InChI is InChI=1S/C23H20BrF2N3O6/c1-32-22(31)21-19(30)18(20-16(34-21)10-33-23(35-20)11-5-3-2-4-6-11)29-9-15(27-28-29)12-7-13(25)17(24)14(26)8-12/h2-9,16,18-21,23,30H,10H2,1H3/t16-,18-,19-,20+,21-,23?/m1/s1. The van der Waals surface area contributed by atoms with E-state index in [0.717, 1.165) is 17.7 Å². The molecule has 6 atom stereocenters. The third kappa shape index (κ3) is 4.47. The highest BCUT2D eigenvalue weighted by atomic mass is 79.9. The zero-order valence-electron chi connectivity index (χ0n) is 18.3. The first-order chi connectivity index (χ1) is 16.9. The van der Waals surface area contributed by atoms with Crippen LogP contribution in [0.25, 0.3) is 11.3 Å². The van der Waals surface area contributed by atoms with Crippen molar-refractivity contribution in [1.29, 1.82) is 0 Å². The lowest BCUT2D eigenvalue weighted by Gasteiger charge is -2.47. The predicted molar refractivity (Wildman–Crippen MR) is 119 cm³/mol. The lowest BCUT2D eigenvalue weighted by Crippen LogP contribution is -2.61. The van der Waals surface area contributed by atoms with E-state index in [-0.39, 0.29) is 22.3 Å². The van der Waals surface area contributed by atoms with Gasteiger partial charge in [0.05, 0.1) is 24.4 Å². The number of hydrogen-bond acceptors (Lipinski definition) is 8. The number of aliphatic hydroxyl groups excluding tert-OH is 1. The van der Waals surface area contributed by atoms with Crippen LogP contribution in [0.3, 0.4) is 0 Å². The van der Waals surface area contributed by atoms with E-state index < -0.39 is 54.4 Å². The minimum Gasteiger partial charge on any atom is -0.467 e. The average Bonchev–Trinajstić information content (AvgIpc) is 3.36. The van der Waals surface area contributed by atoms with Crippen LogP contribution in [0, 0.1) is 11.6 Å². The van der Waals surface area contributed by atoms with Crippen molar-refractivity contribution in [3.8, 4) is 11.3 Å². The smallest absolute Gasteiger partial charge is 0.337 e. The van der Waals surface area contributed by atoms with Gasteiger partial charge in [0.25, 0.3) is 0 Å². The van der Waals surface area contributed by atoms with Gasteiger partial charge in [0.15, 0.2) is 12.4 Å². The molecule has 1 N–H and O–H groups in total. The number of carbonyl (C=O) groups is 1. The largest absolute Gasteiger partial charge is 0.467 e. The van der Waals surface area contributed by atoms with Crippen molar-refractivity contribution >= 4 is 21.9 Å². The summed E-state index contributed by atoms with van der Waals surface area (Å²) in [6.45, 7) is 0.0750. The Morgan fingerprint density at radius 3 is 2.60 bits per heavy atom. The van der Waals surface area contributed by atoms with Crippen LogP contribution < -0.4 is 0 Å². The van der Waals surface area contributed by atoms with Crippen LogP contribution in [0.2, 0.25) is 0 Å². The van der Waals surface area contributed by atoms with Crippen LogP contribution in [0.15, 0.2) is 53.1 Å². The summed E-state index contributed by atoms with van der Waals surface area (Å²) in [5.74, 6) is -2.38. The highest BCUT2D eigenvalue weighted by molar-refractivity contribution is 9.10. The molecule has 9 nitrogen and oxygen atoms in total. The number of hydrogen-bond donors (Lipinski definition) is 1. The first-order valence-corrected chi connectivity index (χ1v) is 11.5. The van der Waals surface area contributed by atoms with Crippen LogP contribution in [0.4, 0.5) is 8.78 Å². The van der Waals surface area contributed by atoms with Crippen LogP contribution in [0.1, 0.15) is 17.9 Å². The normalized spacial score (nSPS) is 28.4. The van der Waals surface area contributed by atoms with Crippen molar-refractivity contribution in [2.24, 2.45) is 0 Å². The molecule has 5 rings (SSSR count). The van der Waals surface area contributed by atoms with Crippen molar-refractivity contribution in [1.82, 2.24) is 15.0 Å². The van der Waals surface area contributed by atoms with Crippen LogP contribution in [-0.4, -0.2) is 64.2 Å². The molecule has 2 saturated heterocycles. The monoisotopic (exact) mass is 551 g/mol. The van der Waals surface area contributed by atoms with E-state index >= 15 is 0 Å². The molecule has 2 aromatic carbocycles. The SMILES string of the molecule is COC(=O)[C@@H]1O[C@@H]2COC(c3ccccc3)O[C@@H]2[C@H](n2cc(-c3cc(F)c(Br)c(F)c3)nn2)[C@H]1O. The summed E-state index contributed by atoms with van der Waals surface area (Å²) in [5, 5.41) is 19.2. The second kappa shape index (κ2) is 9.70. The third-order valence-corrected chi connectivity index (χ3v) is 6.74. The Balaban J connectivity index is 1.50. The number of nitrogens with zero attached hydrogens (tertiary/aromatic N) is 3. The summed E-state index contributed by atoms with van der Waals surface area (Å²) in [6, 6.07) is 10.5. The molecule has 3 heterocycles. The molecule has 1 unspecified atom stereocenters. The van der Waals surface area contributed by atoms with Crippen LogP contribution in [-0.2, 0) is 23.7 Å². The summed E-state index contributed by atoms with van der Waals surface area (Å²) < 4.78 is 51.7. The van der Waals surface area contributed by atoms with Gasteiger partial charge in [-0.1, -0.05) is 35.5 Å². The minimum atomic E-state index is -1.42. The molecule has 0 bridgehead atoms. The lowest BCUT2D eigenvalue weighted by atomic mass is 9.91. The highest BCUT2D eigenvalue weighted by Gasteiger charge is 2.53. The van der Waals surface area contributed by atoms with Crippen molar-refractivity contribution in [3.05, 3.63) is 70.3 Å². The van der Waals surface area contributed by atoms with Gasteiger partial charge in [0.1, 0.15) is 41.7 Å². The van der Waals surface area contributed by atoms with Crippen molar-refractivity contribution in [2.75, 3.05) is 13.7 Å². The van der Waals surface area contributed by atoms with Gasteiger partial charge in [-0.3, -0.25) is 0 Å². The van der Waals surface area contributed by atoms with E-state index in [1.54, 1.807) is 0 Å². The number of aromatic nitrogens is 3. The molecule has 35 heavy (non-hydrogen) atoms. The van der Waals surface area contributed by atoms with Gasteiger partial charge in [0, 0.05) is 11.1 Å². The topological polar surface area (TPSA) is 105 Å². The number of halogens is 3. The van der Waals surface area contributed by atoms with Gasteiger partial charge in [-0.25, -0.2) is 18.3 Å². The van der Waals surface area contributed by atoms with E-state index in [1.165, 1.54) is 18.0 Å². The Labute approximate surface area is 206 Å². The van der Waals surface area contributed by atoms with Gasteiger partial charge in [-0.05, 0) is 28.1 Å². The fourth-order valence-electron chi connectivity index (χ4n) is 4.27. The molecular formula is C23H20BrF2N3O6. The highest BCUT2D eigenvalue weighted by Crippen LogP contribution is 2.39. The third-order valence-electron chi connectivity index (χ3n) is 5.98. The first-order valence-electron chi connectivity index (χ1n) is 10.7. The molecule has 0 saturated carbocycles. The van der Waals surface area contributed by atoms with Crippen molar-refractivity contribution in [3.63, 3.8) is 0 Å². The quantitative estimate of drug-likeness (QED) is 0.390. The van der Waals surface area contributed by atoms with Crippen molar-refractivity contribution in [2.45, 2.75) is 36.7 Å². The summed E-state index contributed by atoms with van der Waals surface area (Å²) in [4.78, 5) is 12.3. The molecule has 1 aromatic heterocycles. The summed E-state index contributed by atoms with van der Waals surface area (Å²) in [7, 11) is 1.18. The number of methoxy groups -OCH3 is 1. The Morgan fingerprint density at radius 2 is 1.91 bits per heavy atom. The number of carbonyl (C=O) groups excluding carboxylic acids is 1. The number of aliphatic hydroxyl groups is 1. The summed E-state index contributed by atoms with van der Waals surface area (Å²) in [5.41, 5.74) is 1.06. The summed E-state index contributed by atoms with van der Waals surface area (Å²) >= 11 is 2.84. The minimum absolute atomic E-state index is 0.0750.